The molecular weight excluding hydrogens is 286 g/mol. The molecule has 0 fully saturated rings. The van der Waals surface area contributed by atoms with Gasteiger partial charge in [0.15, 0.2) is 0 Å². The monoisotopic (exact) mass is 305 g/mol. The van der Waals surface area contributed by atoms with E-state index < -0.39 is 0 Å². The third-order valence-corrected chi connectivity index (χ3v) is 3.78. The molecule has 0 aliphatic carbocycles. The van der Waals surface area contributed by atoms with Gasteiger partial charge in [-0.2, -0.15) is 0 Å². The van der Waals surface area contributed by atoms with Gasteiger partial charge in [0.25, 0.3) is 0 Å². The Balaban J connectivity index is 1.92. The van der Waals surface area contributed by atoms with E-state index >= 15 is 0 Å². The maximum Gasteiger partial charge on any atom is 0.127 e. The second-order valence-electron chi connectivity index (χ2n) is 5.31. The average molecular weight is 305 g/mol. The van der Waals surface area contributed by atoms with Gasteiger partial charge in [-0.05, 0) is 11.6 Å². The van der Waals surface area contributed by atoms with E-state index in [1.165, 1.54) is 0 Å². The highest BCUT2D eigenvalue weighted by molar-refractivity contribution is 5.82. The van der Waals surface area contributed by atoms with E-state index in [4.69, 9.17) is 10.5 Å². The fourth-order valence-corrected chi connectivity index (χ4v) is 2.54. The highest BCUT2D eigenvalue weighted by atomic mass is 16.5. The van der Waals surface area contributed by atoms with Crippen LogP contribution in [0.4, 0.5) is 5.69 Å². The number of para-hydroxylation sites is 2. The quantitative estimate of drug-likeness (QED) is 0.700. The molecule has 3 aromatic rings. The van der Waals surface area contributed by atoms with Crippen molar-refractivity contribution in [1.82, 2.24) is 0 Å². The Morgan fingerprint density at radius 2 is 1.48 bits per heavy atom. The summed E-state index contributed by atoms with van der Waals surface area (Å²) in [7, 11) is 0. The number of nitrogen functional groups attached to an aromatic ring is 1. The van der Waals surface area contributed by atoms with Crippen molar-refractivity contribution in [1.29, 1.82) is 0 Å². The predicted octanol–water partition coefficient (Wildman–Crippen LogP) is 4.01. The van der Waals surface area contributed by atoms with Crippen molar-refractivity contribution in [2.45, 2.75) is 13.2 Å². The van der Waals surface area contributed by atoms with Crippen molar-refractivity contribution in [3.8, 4) is 16.9 Å². The Kier molecular flexibility index (Phi) is 4.60. The summed E-state index contributed by atoms with van der Waals surface area (Å²) in [6, 6.07) is 23.5. The summed E-state index contributed by atoms with van der Waals surface area (Å²) in [5, 5.41) is 9.40. The van der Waals surface area contributed by atoms with Crippen LogP contribution in [-0.4, -0.2) is 5.11 Å². The number of ether oxygens (including phenoxy) is 1. The van der Waals surface area contributed by atoms with Crippen LogP contribution in [0, 0.1) is 0 Å². The first-order chi connectivity index (χ1) is 11.3. The third-order valence-electron chi connectivity index (χ3n) is 3.78. The molecule has 3 aromatic carbocycles. The van der Waals surface area contributed by atoms with Crippen molar-refractivity contribution >= 4 is 5.69 Å². The van der Waals surface area contributed by atoms with Gasteiger partial charge in [0, 0.05) is 22.4 Å². The van der Waals surface area contributed by atoms with E-state index in [0.29, 0.717) is 12.3 Å². The zero-order valence-electron chi connectivity index (χ0n) is 12.8. The van der Waals surface area contributed by atoms with E-state index in [9.17, 15) is 5.11 Å². The van der Waals surface area contributed by atoms with Crippen LogP contribution in [0.25, 0.3) is 11.1 Å². The smallest absolute Gasteiger partial charge is 0.127 e. The summed E-state index contributed by atoms with van der Waals surface area (Å²) in [6.07, 6.45) is 0. The lowest BCUT2D eigenvalue weighted by Gasteiger charge is -2.14. The lowest BCUT2D eigenvalue weighted by molar-refractivity contribution is 0.282. The molecule has 0 amide bonds. The van der Waals surface area contributed by atoms with Crippen LogP contribution in [0.5, 0.6) is 5.75 Å². The minimum atomic E-state index is -0.0767. The lowest BCUT2D eigenvalue weighted by Crippen LogP contribution is -2.00. The number of aliphatic hydroxyl groups excluding tert-OH is 1. The molecule has 3 N–H and O–H groups in total. The summed E-state index contributed by atoms with van der Waals surface area (Å²) in [6.45, 7) is 0.421. The summed E-state index contributed by atoms with van der Waals surface area (Å²) in [5.74, 6) is 0.776. The molecule has 0 saturated heterocycles. The maximum absolute atomic E-state index is 9.40. The minimum absolute atomic E-state index is 0.0767. The Morgan fingerprint density at radius 1 is 0.783 bits per heavy atom. The highest BCUT2D eigenvalue weighted by Crippen LogP contribution is 2.35. The van der Waals surface area contributed by atoms with Crippen LogP contribution in [0.15, 0.2) is 72.8 Å². The van der Waals surface area contributed by atoms with Gasteiger partial charge in [-0.1, -0.05) is 66.7 Å². The molecule has 0 bridgehead atoms. The molecule has 3 rings (SSSR count). The van der Waals surface area contributed by atoms with Crippen LogP contribution >= 0.6 is 0 Å². The fourth-order valence-electron chi connectivity index (χ4n) is 2.54. The van der Waals surface area contributed by atoms with E-state index in [1.807, 2.05) is 72.8 Å². The van der Waals surface area contributed by atoms with Crippen LogP contribution in [-0.2, 0) is 13.2 Å². The van der Waals surface area contributed by atoms with E-state index in [-0.39, 0.29) is 6.61 Å². The van der Waals surface area contributed by atoms with Gasteiger partial charge in [-0.15, -0.1) is 0 Å². The Labute approximate surface area is 136 Å². The summed E-state index contributed by atoms with van der Waals surface area (Å²) >= 11 is 0. The predicted molar refractivity (Wildman–Crippen MR) is 93.0 cm³/mol. The lowest BCUT2D eigenvalue weighted by atomic mass is 9.99. The van der Waals surface area contributed by atoms with Gasteiger partial charge in [0.05, 0.1) is 6.61 Å². The fraction of sp³-hybridized carbons (Fsp3) is 0.100. The van der Waals surface area contributed by atoms with Gasteiger partial charge in [0.1, 0.15) is 12.4 Å². The van der Waals surface area contributed by atoms with Gasteiger partial charge in [-0.25, -0.2) is 0 Å². The molecule has 0 saturated carbocycles. The average Bonchev–Trinajstić information content (AvgIpc) is 2.61. The molecule has 0 aliphatic heterocycles. The van der Waals surface area contributed by atoms with Crippen LogP contribution in [0.2, 0.25) is 0 Å². The number of rotatable bonds is 5. The Morgan fingerprint density at radius 3 is 2.26 bits per heavy atom. The molecule has 0 unspecified atom stereocenters. The van der Waals surface area contributed by atoms with Gasteiger partial charge in [0.2, 0.25) is 0 Å². The molecule has 3 heteroatoms. The molecule has 23 heavy (non-hydrogen) atoms. The second-order valence-corrected chi connectivity index (χ2v) is 5.31. The zero-order valence-corrected chi connectivity index (χ0v) is 12.8. The van der Waals surface area contributed by atoms with Crippen molar-refractivity contribution in [2.75, 3.05) is 5.73 Å². The molecule has 0 aliphatic rings. The minimum Gasteiger partial charge on any atom is -0.488 e. The number of anilines is 1. The molecule has 116 valence electrons. The first-order valence-electron chi connectivity index (χ1n) is 7.54. The van der Waals surface area contributed by atoms with E-state index in [1.54, 1.807) is 0 Å². The summed E-state index contributed by atoms with van der Waals surface area (Å²) in [4.78, 5) is 0. The number of benzene rings is 3. The van der Waals surface area contributed by atoms with Crippen molar-refractivity contribution in [3.63, 3.8) is 0 Å². The molecule has 0 atom stereocenters. The molecule has 0 radical (unpaired) electrons. The SMILES string of the molecule is Nc1c(CO)cccc1-c1ccccc1OCc1ccccc1. The van der Waals surface area contributed by atoms with Gasteiger partial charge < -0.3 is 15.6 Å². The molecule has 0 spiro atoms. The third kappa shape index (κ3) is 3.35. The highest BCUT2D eigenvalue weighted by Gasteiger charge is 2.11. The van der Waals surface area contributed by atoms with Gasteiger partial charge in [-0.3, -0.25) is 0 Å². The second kappa shape index (κ2) is 6.99. The molecular formula is C20H19NO2. The number of hydrogen-bond donors (Lipinski definition) is 2. The van der Waals surface area contributed by atoms with Crippen molar-refractivity contribution in [2.24, 2.45) is 0 Å². The topological polar surface area (TPSA) is 55.5 Å². The number of hydrogen-bond acceptors (Lipinski definition) is 3. The maximum atomic E-state index is 9.40. The summed E-state index contributed by atoms with van der Waals surface area (Å²) in [5.41, 5.74) is 10.4. The first-order valence-corrected chi connectivity index (χ1v) is 7.54. The Hall–Kier alpha value is -2.78. The molecule has 3 nitrogen and oxygen atoms in total. The standard InChI is InChI=1S/C20H19NO2/c21-20-16(13-22)9-6-11-18(20)17-10-4-5-12-19(17)23-14-15-7-2-1-3-8-15/h1-12,22H,13-14,21H2. The first kappa shape index (κ1) is 15.1. The van der Waals surface area contributed by atoms with Crippen LogP contribution in [0.3, 0.4) is 0 Å². The normalized spacial score (nSPS) is 10.5. The molecule has 0 heterocycles. The summed E-state index contributed by atoms with van der Waals surface area (Å²) < 4.78 is 5.99. The van der Waals surface area contributed by atoms with Crippen LogP contribution in [0.1, 0.15) is 11.1 Å². The number of nitrogens with two attached hydrogens (primary N) is 1. The van der Waals surface area contributed by atoms with E-state index in [0.717, 1.165) is 28.0 Å². The zero-order chi connectivity index (χ0) is 16.1. The Bertz CT molecular complexity index is 785. The van der Waals surface area contributed by atoms with Crippen molar-refractivity contribution < 1.29 is 9.84 Å². The largest absolute Gasteiger partial charge is 0.488 e. The number of aliphatic hydroxyl groups is 1. The van der Waals surface area contributed by atoms with E-state index in [2.05, 4.69) is 0 Å². The van der Waals surface area contributed by atoms with Crippen molar-refractivity contribution in [3.05, 3.63) is 83.9 Å². The molecule has 0 aromatic heterocycles. The van der Waals surface area contributed by atoms with Gasteiger partial charge >= 0.3 is 0 Å². The van der Waals surface area contributed by atoms with Crippen LogP contribution < -0.4 is 10.5 Å².